The fourth-order valence-corrected chi connectivity index (χ4v) is 2.50. The van der Waals surface area contributed by atoms with Gasteiger partial charge in [0, 0.05) is 16.2 Å². The van der Waals surface area contributed by atoms with Crippen LogP contribution in [0.3, 0.4) is 0 Å². The molecule has 0 aliphatic rings. The van der Waals surface area contributed by atoms with Crippen LogP contribution in [0.25, 0.3) is 0 Å². The Labute approximate surface area is 128 Å². The van der Waals surface area contributed by atoms with Gasteiger partial charge in [0.05, 0.1) is 16.2 Å². The molecule has 1 heterocycles. The van der Waals surface area contributed by atoms with Crippen molar-refractivity contribution in [2.45, 2.75) is 13.0 Å². The van der Waals surface area contributed by atoms with Gasteiger partial charge in [-0.15, -0.1) is 0 Å². The SMILES string of the molecule is CCNC(c1ccc(Br)cn1)c1cccc(Br)c1F. The van der Waals surface area contributed by atoms with E-state index in [1.54, 1.807) is 18.3 Å². The highest BCUT2D eigenvalue weighted by molar-refractivity contribution is 9.10. The minimum absolute atomic E-state index is 0.252. The van der Waals surface area contributed by atoms with Crippen molar-refractivity contribution in [2.24, 2.45) is 0 Å². The number of hydrogen-bond acceptors (Lipinski definition) is 2. The summed E-state index contributed by atoms with van der Waals surface area (Å²) in [6.07, 6.45) is 1.72. The lowest BCUT2D eigenvalue weighted by atomic mass is 10.0. The molecule has 1 aromatic carbocycles. The van der Waals surface area contributed by atoms with E-state index in [0.717, 1.165) is 16.7 Å². The monoisotopic (exact) mass is 386 g/mol. The highest BCUT2D eigenvalue weighted by Gasteiger charge is 2.19. The Morgan fingerprint density at radius 1 is 1.26 bits per heavy atom. The van der Waals surface area contributed by atoms with E-state index in [2.05, 4.69) is 42.2 Å². The summed E-state index contributed by atoms with van der Waals surface area (Å²) in [5.41, 5.74) is 1.38. The first-order chi connectivity index (χ1) is 9.13. The molecule has 2 nitrogen and oxygen atoms in total. The maximum absolute atomic E-state index is 14.2. The molecule has 2 rings (SSSR count). The third kappa shape index (κ3) is 3.41. The fraction of sp³-hybridized carbons (Fsp3) is 0.214. The average Bonchev–Trinajstić information content (AvgIpc) is 2.41. The molecule has 0 saturated carbocycles. The molecule has 0 fully saturated rings. The largest absolute Gasteiger partial charge is 0.305 e. The normalized spacial score (nSPS) is 12.4. The van der Waals surface area contributed by atoms with Crippen LogP contribution >= 0.6 is 31.9 Å². The Kier molecular flexibility index (Phi) is 5.07. The van der Waals surface area contributed by atoms with Crippen molar-refractivity contribution in [3.05, 3.63) is 62.5 Å². The van der Waals surface area contributed by atoms with E-state index in [9.17, 15) is 4.39 Å². The Morgan fingerprint density at radius 2 is 2.05 bits per heavy atom. The standard InChI is InChI=1S/C14H13Br2FN2/c1-2-18-14(12-7-6-9(15)8-19-12)10-4-3-5-11(16)13(10)17/h3-8,14,18H,2H2,1H3. The topological polar surface area (TPSA) is 24.9 Å². The summed E-state index contributed by atoms with van der Waals surface area (Å²) in [6.45, 7) is 2.72. The average molecular weight is 388 g/mol. The quantitative estimate of drug-likeness (QED) is 0.838. The maximum atomic E-state index is 14.2. The zero-order chi connectivity index (χ0) is 13.8. The lowest BCUT2D eigenvalue weighted by Crippen LogP contribution is -2.24. The van der Waals surface area contributed by atoms with Crippen LogP contribution in [0.5, 0.6) is 0 Å². The molecule has 100 valence electrons. The van der Waals surface area contributed by atoms with E-state index in [4.69, 9.17) is 0 Å². The van der Waals surface area contributed by atoms with Crippen LogP contribution in [-0.2, 0) is 0 Å². The van der Waals surface area contributed by atoms with E-state index in [0.29, 0.717) is 10.0 Å². The van der Waals surface area contributed by atoms with Crippen molar-refractivity contribution < 1.29 is 4.39 Å². The molecule has 0 radical (unpaired) electrons. The van der Waals surface area contributed by atoms with Gasteiger partial charge in [-0.1, -0.05) is 19.1 Å². The van der Waals surface area contributed by atoms with Gasteiger partial charge in [0.25, 0.3) is 0 Å². The molecule has 0 spiro atoms. The molecule has 0 saturated heterocycles. The summed E-state index contributed by atoms with van der Waals surface area (Å²) < 4.78 is 15.6. The summed E-state index contributed by atoms with van der Waals surface area (Å²) in [4.78, 5) is 4.35. The van der Waals surface area contributed by atoms with Crippen LogP contribution in [-0.4, -0.2) is 11.5 Å². The first-order valence-corrected chi connectivity index (χ1v) is 7.50. The molecule has 0 aliphatic carbocycles. The van der Waals surface area contributed by atoms with Crippen LogP contribution in [0, 0.1) is 5.82 Å². The van der Waals surface area contributed by atoms with E-state index >= 15 is 0 Å². The number of hydrogen-bond donors (Lipinski definition) is 1. The summed E-state index contributed by atoms with van der Waals surface area (Å²) in [5, 5.41) is 3.26. The number of aromatic nitrogens is 1. The molecular weight excluding hydrogens is 375 g/mol. The zero-order valence-electron chi connectivity index (χ0n) is 10.3. The van der Waals surface area contributed by atoms with Crippen LogP contribution < -0.4 is 5.32 Å². The molecule has 1 unspecified atom stereocenters. The van der Waals surface area contributed by atoms with E-state index in [1.807, 2.05) is 25.1 Å². The van der Waals surface area contributed by atoms with Crippen molar-refractivity contribution in [1.82, 2.24) is 10.3 Å². The number of nitrogens with zero attached hydrogens (tertiary/aromatic N) is 1. The number of nitrogens with one attached hydrogen (secondary N) is 1. The van der Waals surface area contributed by atoms with Crippen molar-refractivity contribution in [1.29, 1.82) is 0 Å². The Hall–Kier alpha value is -0.780. The summed E-state index contributed by atoms with van der Waals surface area (Å²) in [5.74, 6) is -0.252. The van der Waals surface area contributed by atoms with Crippen molar-refractivity contribution in [2.75, 3.05) is 6.54 Å². The predicted molar refractivity (Wildman–Crippen MR) is 81.6 cm³/mol. The lowest BCUT2D eigenvalue weighted by molar-refractivity contribution is 0.548. The van der Waals surface area contributed by atoms with Gasteiger partial charge in [-0.25, -0.2) is 4.39 Å². The van der Waals surface area contributed by atoms with Gasteiger partial charge in [0.2, 0.25) is 0 Å². The van der Waals surface area contributed by atoms with Gasteiger partial charge < -0.3 is 5.32 Å². The van der Waals surface area contributed by atoms with Crippen LogP contribution in [0.1, 0.15) is 24.2 Å². The van der Waals surface area contributed by atoms with Crippen molar-refractivity contribution in [3.8, 4) is 0 Å². The molecule has 1 N–H and O–H groups in total. The zero-order valence-corrected chi connectivity index (χ0v) is 13.5. The molecular formula is C14H13Br2FN2. The Bertz CT molecular complexity index is 558. The molecule has 0 bridgehead atoms. The molecule has 1 aromatic heterocycles. The minimum Gasteiger partial charge on any atom is -0.305 e. The number of benzene rings is 1. The summed E-state index contributed by atoms with van der Waals surface area (Å²) >= 11 is 6.57. The second kappa shape index (κ2) is 6.59. The number of rotatable bonds is 4. The number of halogens is 3. The molecule has 0 aliphatic heterocycles. The van der Waals surface area contributed by atoms with E-state index in [1.165, 1.54) is 0 Å². The van der Waals surface area contributed by atoms with Crippen molar-refractivity contribution in [3.63, 3.8) is 0 Å². The lowest BCUT2D eigenvalue weighted by Gasteiger charge is -2.19. The highest BCUT2D eigenvalue weighted by Crippen LogP contribution is 2.27. The fourth-order valence-electron chi connectivity index (χ4n) is 1.88. The van der Waals surface area contributed by atoms with Crippen LogP contribution in [0.2, 0.25) is 0 Å². The second-order valence-electron chi connectivity index (χ2n) is 4.04. The van der Waals surface area contributed by atoms with Gasteiger partial charge in [0.1, 0.15) is 5.82 Å². The Morgan fingerprint density at radius 3 is 2.68 bits per heavy atom. The predicted octanol–water partition coefficient (Wildman–Crippen LogP) is 4.44. The van der Waals surface area contributed by atoms with Crippen molar-refractivity contribution >= 4 is 31.9 Å². The van der Waals surface area contributed by atoms with E-state index < -0.39 is 0 Å². The smallest absolute Gasteiger partial charge is 0.142 e. The van der Waals surface area contributed by atoms with Crippen LogP contribution in [0.15, 0.2) is 45.5 Å². The molecule has 0 amide bonds. The molecule has 5 heteroatoms. The first-order valence-electron chi connectivity index (χ1n) is 5.92. The minimum atomic E-state index is -0.254. The highest BCUT2D eigenvalue weighted by atomic mass is 79.9. The Balaban J connectivity index is 2.45. The molecule has 1 atom stereocenters. The maximum Gasteiger partial charge on any atom is 0.142 e. The van der Waals surface area contributed by atoms with Gasteiger partial charge in [-0.2, -0.15) is 0 Å². The third-order valence-corrected chi connectivity index (χ3v) is 3.83. The third-order valence-electron chi connectivity index (χ3n) is 2.75. The number of pyridine rings is 1. The van der Waals surface area contributed by atoms with E-state index in [-0.39, 0.29) is 11.9 Å². The second-order valence-corrected chi connectivity index (χ2v) is 5.81. The summed E-state index contributed by atoms with van der Waals surface area (Å²) in [7, 11) is 0. The van der Waals surface area contributed by atoms with Gasteiger partial charge >= 0.3 is 0 Å². The van der Waals surface area contributed by atoms with Gasteiger partial charge in [0.15, 0.2) is 0 Å². The molecule has 19 heavy (non-hydrogen) atoms. The summed E-state index contributed by atoms with van der Waals surface area (Å²) in [6, 6.07) is 8.83. The van der Waals surface area contributed by atoms with Gasteiger partial charge in [-0.3, -0.25) is 4.98 Å². The molecule has 2 aromatic rings. The van der Waals surface area contributed by atoms with Crippen LogP contribution in [0.4, 0.5) is 4.39 Å². The first kappa shape index (κ1) is 14.6. The van der Waals surface area contributed by atoms with Gasteiger partial charge in [-0.05, 0) is 56.6 Å².